The Hall–Kier alpha value is -0.480. The molecule has 0 aliphatic heterocycles. The molecule has 1 aromatic heterocycles. The van der Waals surface area contributed by atoms with E-state index in [1.54, 1.807) is 6.07 Å². The van der Waals surface area contributed by atoms with Crippen molar-refractivity contribution in [2.45, 2.75) is 19.3 Å². The number of halogens is 2. The van der Waals surface area contributed by atoms with E-state index in [4.69, 9.17) is 5.73 Å². The van der Waals surface area contributed by atoms with Crippen LogP contribution in [0, 0.1) is 6.92 Å². The molecule has 1 unspecified atom stereocenters. The monoisotopic (exact) mass is 191 g/mol. The van der Waals surface area contributed by atoms with E-state index in [2.05, 4.69) is 0 Å². The third-order valence-electron chi connectivity index (χ3n) is 1.67. The van der Waals surface area contributed by atoms with Gasteiger partial charge < -0.3 is 5.73 Å². The number of thiophene rings is 1. The number of rotatable bonds is 3. The summed E-state index contributed by atoms with van der Waals surface area (Å²) in [7, 11) is 0. The lowest BCUT2D eigenvalue weighted by molar-refractivity contribution is 0.118. The van der Waals surface area contributed by atoms with Crippen molar-refractivity contribution in [1.82, 2.24) is 0 Å². The lowest BCUT2D eigenvalue weighted by Gasteiger charge is -2.10. The van der Waals surface area contributed by atoms with Crippen LogP contribution in [-0.2, 0) is 0 Å². The Balaban J connectivity index is 2.80. The molecule has 0 bridgehead atoms. The fourth-order valence-corrected chi connectivity index (χ4v) is 2.01. The summed E-state index contributed by atoms with van der Waals surface area (Å²) in [6.45, 7) is 1.90. The maximum absolute atomic E-state index is 12.3. The topological polar surface area (TPSA) is 26.0 Å². The molecule has 0 aliphatic carbocycles. The van der Waals surface area contributed by atoms with Crippen molar-refractivity contribution in [2.75, 3.05) is 6.54 Å². The highest BCUT2D eigenvalue weighted by atomic mass is 32.1. The van der Waals surface area contributed by atoms with Crippen LogP contribution >= 0.6 is 11.3 Å². The normalized spacial score (nSPS) is 13.8. The molecule has 68 valence electrons. The van der Waals surface area contributed by atoms with E-state index in [0.29, 0.717) is 4.88 Å². The van der Waals surface area contributed by atoms with Crippen molar-refractivity contribution in [3.05, 3.63) is 21.9 Å². The average molecular weight is 191 g/mol. The first-order valence-electron chi connectivity index (χ1n) is 3.68. The molecule has 0 aliphatic rings. The maximum atomic E-state index is 12.3. The zero-order chi connectivity index (χ0) is 9.14. The summed E-state index contributed by atoms with van der Waals surface area (Å²) in [4.78, 5) is 0.685. The van der Waals surface area contributed by atoms with Crippen LogP contribution in [0.1, 0.15) is 16.4 Å². The van der Waals surface area contributed by atoms with Gasteiger partial charge in [0, 0.05) is 11.4 Å². The van der Waals surface area contributed by atoms with Crippen LogP contribution in [-0.4, -0.2) is 13.0 Å². The third kappa shape index (κ3) is 2.01. The highest BCUT2D eigenvalue weighted by molar-refractivity contribution is 7.10. The van der Waals surface area contributed by atoms with Crippen LogP contribution in [0.3, 0.4) is 0 Å². The Bertz CT molecular complexity index is 247. The van der Waals surface area contributed by atoms with E-state index < -0.39 is 12.3 Å². The largest absolute Gasteiger partial charge is 0.330 e. The van der Waals surface area contributed by atoms with Crippen molar-refractivity contribution in [3.8, 4) is 0 Å². The molecule has 4 heteroatoms. The quantitative estimate of drug-likeness (QED) is 0.779. The Labute approximate surface area is 74.2 Å². The van der Waals surface area contributed by atoms with Gasteiger partial charge in [0.05, 0.1) is 5.92 Å². The molecule has 0 amide bonds. The predicted octanol–water partition coefficient (Wildman–Crippen LogP) is 2.36. The number of hydrogen-bond donors (Lipinski definition) is 1. The first-order valence-corrected chi connectivity index (χ1v) is 4.56. The van der Waals surface area contributed by atoms with Crippen LogP contribution < -0.4 is 5.73 Å². The summed E-state index contributed by atoms with van der Waals surface area (Å²) in [6.07, 6.45) is -2.35. The summed E-state index contributed by atoms with van der Waals surface area (Å²) in [6, 6.07) is 1.77. The first-order chi connectivity index (χ1) is 5.65. The van der Waals surface area contributed by atoms with Crippen molar-refractivity contribution < 1.29 is 8.78 Å². The smallest absolute Gasteiger partial charge is 0.247 e. The van der Waals surface area contributed by atoms with Crippen LogP contribution in [0.4, 0.5) is 8.78 Å². The minimum absolute atomic E-state index is 0.0115. The molecule has 0 radical (unpaired) electrons. The lowest BCUT2D eigenvalue weighted by atomic mass is 10.1. The summed E-state index contributed by atoms with van der Waals surface area (Å²) in [5.41, 5.74) is 6.26. The second-order valence-electron chi connectivity index (χ2n) is 2.70. The molecule has 0 spiro atoms. The zero-order valence-corrected chi connectivity index (χ0v) is 7.57. The predicted molar refractivity (Wildman–Crippen MR) is 46.9 cm³/mol. The summed E-state index contributed by atoms with van der Waals surface area (Å²) in [5.74, 6) is -0.788. The van der Waals surface area contributed by atoms with Gasteiger partial charge in [0.15, 0.2) is 0 Å². The molecule has 1 aromatic rings. The van der Waals surface area contributed by atoms with Gasteiger partial charge in [-0.05, 0) is 23.9 Å². The minimum atomic E-state index is -2.35. The van der Waals surface area contributed by atoms with E-state index in [-0.39, 0.29) is 6.54 Å². The molecule has 1 atom stereocenters. The second-order valence-corrected chi connectivity index (χ2v) is 3.65. The van der Waals surface area contributed by atoms with E-state index in [1.807, 2.05) is 12.3 Å². The summed E-state index contributed by atoms with van der Waals surface area (Å²) in [5, 5.41) is 1.86. The number of aryl methyl sites for hydroxylation is 1. The fourth-order valence-electron chi connectivity index (χ4n) is 0.991. The Morgan fingerprint density at radius 2 is 2.25 bits per heavy atom. The number of nitrogens with two attached hydrogens (primary N) is 1. The second kappa shape index (κ2) is 3.96. The summed E-state index contributed by atoms with van der Waals surface area (Å²) >= 11 is 1.35. The first kappa shape index (κ1) is 9.61. The molecular weight excluding hydrogens is 180 g/mol. The van der Waals surface area contributed by atoms with Crippen LogP contribution in [0.2, 0.25) is 0 Å². The van der Waals surface area contributed by atoms with Gasteiger partial charge in [0.2, 0.25) is 6.43 Å². The van der Waals surface area contributed by atoms with Crippen molar-refractivity contribution >= 4 is 11.3 Å². The minimum Gasteiger partial charge on any atom is -0.330 e. The van der Waals surface area contributed by atoms with Gasteiger partial charge >= 0.3 is 0 Å². The molecular formula is C8H11F2NS. The van der Waals surface area contributed by atoms with Gasteiger partial charge in [-0.15, -0.1) is 11.3 Å². The standard InChI is InChI=1S/C8H11F2NS/c1-5-2-7(12-4-5)6(3-11)8(9)10/h2,4,6,8H,3,11H2,1H3. The SMILES string of the molecule is Cc1csc(C(CN)C(F)F)c1. The van der Waals surface area contributed by atoms with Gasteiger partial charge in [-0.3, -0.25) is 0 Å². The van der Waals surface area contributed by atoms with Gasteiger partial charge in [0.25, 0.3) is 0 Å². The van der Waals surface area contributed by atoms with Crippen molar-refractivity contribution in [1.29, 1.82) is 0 Å². The van der Waals surface area contributed by atoms with Crippen molar-refractivity contribution in [2.24, 2.45) is 5.73 Å². The molecule has 1 heterocycles. The molecule has 0 aromatic carbocycles. The van der Waals surface area contributed by atoms with Crippen LogP contribution in [0.25, 0.3) is 0 Å². The molecule has 1 rings (SSSR count). The Morgan fingerprint density at radius 1 is 1.58 bits per heavy atom. The molecule has 12 heavy (non-hydrogen) atoms. The van der Waals surface area contributed by atoms with E-state index in [1.165, 1.54) is 11.3 Å². The molecule has 0 saturated heterocycles. The van der Waals surface area contributed by atoms with E-state index in [0.717, 1.165) is 5.56 Å². The number of alkyl halides is 2. The van der Waals surface area contributed by atoms with Gasteiger partial charge in [0.1, 0.15) is 0 Å². The van der Waals surface area contributed by atoms with E-state index >= 15 is 0 Å². The van der Waals surface area contributed by atoms with Crippen LogP contribution in [0.15, 0.2) is 11.4 Å². The average Bonchev–Trinajstić information content (AvgIpc) is 2.37. The zero-order valence-electron chi connectivity index (χ0n) is 6.76. The van der Waals surface area contributed by atoms with Gasteiger partial charge in [-0.25, -0.2) is 8.78 Å². The van der Waals surface area contributed by atoms with Gasteiger partial charge in [-0.1, -0.05) is 0 Å². The molecule has 0 saturated carbocycles. The lowest BCUT2D eigenvalue weighted by Crippen LogP contribution is -2.18. The van der Waals surface area contributed by atoms with Crippen molar-refractivity contribution in [3.63, 3.8) is 0 Å². The fraction of sp³-hybridized carbons (Fsp3) is 0.500. The molecule has 1 nitrogen and oxygen atoms in total. The highest BCUT2D eigenvalue weighted by Crippen LogP contribution is 2.27. The Kier molecular flexibility index (Phi) is 3.17. The highest BCUT2D eigenvalue weighted by Gasteiger charge is 2.21. The third-order valence-corrected chi connectivity index (χ3v) is 2.86. The maximum Gasteiger partial charge on any atom is 0.247 e. The van der Waals surface area contributed by atoms with E-state index in [9.17, 15) is 8.78 Å². The van der Waals surface area contributed by atoms with Gasteiger partial charge in [-0.2, -0.15) is 0 Å². The van der Waals surface area contributed by atoms with Crippen LogP contribution in [0.5, 0.6) is 0 Å². The molecule has 0 fully saturated rings. The number of hydrogen-bond acceptors (Lipinski definition) is 2. The molecule has 2 N–H and O–H groups in total. The summed E-state index contributed by atoms with van der Waals surface area (Å²) < 4.78 is 24.6. The Morgan fingerprint density at radius 3 is 2.58 bits per heavy atom.